The molecule has 1 saturated heterocycles. The Hall–Kier alpha value is -1.74. The fourth-order valence-electron chi connectivity index (χ4n) is 1.99. The Balaban J connectivity index is 1.73. The van der Waals surface area contributed by atoms with E-state index >= 15 is 0 Å². The van der Waals surface area contributed by atoms with Gasteiger partial charge in [0.1, 0.15) is 16.6 Å². The molecule has 0 unspecified atom stereocenters. The third-order valence-corrected chi connectivity index (χ3v) is 5.63. The van der Waals surface area contributed by atoms with Crippen LogP contribution in [0.1, 0.15) is 5.76 Å². The number of rotatable bonds is 5. The predicted molar refractivity (Wildman–Crippen MR) is 102 cm³/mol. The van der Waals surface area contributed by atoms with Gasteiger partial charge in [0.25, 0.3) is 5.91 Å². The normalized spacial score (nSPS) is 16.0. The Morgan fingerprint density at radius 1 is 1.32 bits per heavy atom. The Morgan fingerprint density at radius 2 is 2.04 bits per heavy atom. The van der Waals surface area contributed by atoms with E-state index in [-0.39, 0.29) is 4.32 Å². The van der Waals surface area contributed by atoms with Crippen molar-refractivity contribution in [3.63, 3.8) is 0 Å². The van der Waals surface area contributed by atoms with E-state index in [4.69, 9.17) is 33.3 Å². The molecule has 1 aromatic carbocycles. The van der Waals surface area contributed by atoms with Crippen LogP contribution in [0.2, 0.25) is 5.02 Å². The molecule has 5 nitrogen and oxygen atoms in total. The van der Waals surface area contributed by atoms with E-state index < -0.39 is 18.4 Å². The van der Waals surface area contributed by atoms with Crippen LogP contribution in [0.15, 0.2) is 55.7 Å². The molecule has 1 aliphatic heterocycles. The van der Waals surface area contributed by atoms with E-state index in [1.54, 1.807) is 30.3 Å². The number of furan rings is 1. The smallest absolute Gasteiger partial charge is 0.323 e. The minimum atomic E-state index is -1.11. The van der Waals surface area contributed by atoms with E-state index in [1.807, 2.05) is 12.1 Å². The Morgan fingerprint density at radius 3 is 2.72 bits per heavy atom. The molecule has 1 fully saturated rings. The highest BCUT2D eigenvalue weighted by atomic mass is 35.5. The second-order valence-corrected chi connectivity index (χ2v) is 8.06. The number of carbonyl (C=O) groups excluding carboxylic acids is 1. The van der Waals surface area contributed by atoms with Crippen LogP contribution in [0.25, 0.3) is 6.08 Å². The maximum atomic E-state index is 12.2. The van der Waals surface area contributed by atoms with Crippen molar-refractivity contribution in [1.82, 2.24) is 4.90 Å². The van der Waals surface area contributed by atoms with E-state index in [1.165, 1.54) is 11.8 Å². The number of thioether (sulfide) groups is 1. The van der Waals surface area contributed by atoms with Crippen LogP contribution >= 0.6 is 47.3 Å². The van der Waals surface area contributed by atoms with Gasteiger partial charge in [0.15, 0.2) is 5.09 Å². The minimum absolute atomic E-state index is 0.223. The quantitative estimate of drug-likeness (QED) is 0.578. The largest absolute Gasteiger partial charge is 0.480 e. The molecule has 3 rings (SSSR count). The first-order valence-corrected chi connectivity index (χ1v) is 9.35. The van der Waals surface area contributed by atoms with Gasteiger partial charge in [0.05, 0.1) is 4.91 Å². The van der Waals surface area contributed by atoms with Gasteiger partial charge in [-0.2, -0.15) is 0 Å². The lowest BCUT2D eigenvalue weighted by molar-refractivity contribution is -0.140. The van der Waals surface area contributed by atoms with E-state index in [0.717, 1.165) is 21.6 Å². The summed E-state index contributed by atoms with van der Waals surface area (Å²) >= 11 is 13.4. The number of carbonyl (C=O) groups is 2. The Kier molecular flexibility index (Phi) is 5.53. The van der Waals surface area contributed by atoms with Gasteiger partial charge < -0.3 is 9.52 Å². The number of nitrogens with zero attached hydrogens (tertiary/aromatic N) is 1. The predicted octanol–water partition coefficient (Wildman–Crippen LogP) is 4.37. The number of benzene rings is 1. The number of aliphatic carboxylic acids is 1. The minimum Gasteiger partial charge on any atom is -0.480 e. The molecule has 1 N–H and O–H groups in total. The molecule has 0 bridgehead atoms. The Labute approximate surface area is 162 Å². The van der Waals surface area contributed by atoms with Gasteiger partial charge in [-0.3, -0.25) is 14.5 Å². The number of hydrogen-bond donors (Lipinski definition) is 1. The zero-order chi connectivity index (χ0) is 18.0. The molecule has 1 aromatic heterocycles. The molecule has 0 atom stereocenters. The number of halogens is 1. The van der Waals surface area contributed by atoms with Crippen LogP contribution in [0.5, 0.6) is 0 Å². The van der Waals surface area contributed by atoms with Crippen LogP contribution in [0.4, 0.5) is 0 Å². The number of carboxylic acids is 1. The number of hydrogen-bond acceptors (Lipinski definition) is 6. The molecule has 25 heavy (non-hydrogen) atoms. The van der Waals surface area contributed by atoms with Crippen molar-refractivity contribution in [3.05, 3.63) is 52.1 Å². The molecule has 0 aliphatic carbocycles. The summed E-state index contributed by atoms with van der Waals surface area (Å²) in [5, 5.41) is 10.2. The fourth-order valence-corrected chi connectivity index (χ4v) is 4.13. The fraction of sp³-hybridized carbons (Fsp3) is 0.0625. The van der Waals surface area contributed by atoms with Gasteiger partial charge in [0.2, 0.25) is 0 Å². The highest BCUT2D eigenvalue weighted by Gasteiger charge is 2.33. The van der Waals surface area contributed by atoms with Crippen molar-refractivity contribution >= 4 is 69.6 Å². The molecule has 0 radical (unpaired) electrons. The molecule has 9 heteroatoms. The van der Waals surface area contributed by atoms with E-state index in [2.05, 4.69) is 0 Å². The maximum Gasteiger partial charge on any atom is 0.323 e. The monoisotopic (exact) mass is 411 g/mol. The van der Waals surface area contributed by atoms with Crippen molar-refractivity contribution < 1.29 is 19.1 Å². The molecular formula is C16H10ClNO4S3. The second kappa shape index (κ2) is 7.65. The van der Waals surface area contributed by atoms with E-state index in [9.17, 15) is 9.59 Å². The van der Waals surface area contributed by atoms with Crippen LogP contribution in [0.3, 0.4) is 0 Å². The summed E-state index contributed by atoms with van der Waals surface area (Å²) < 4.78 is 5.91. The molecule has 2 heterocycles. The number of thiocarbonyl (C=S) groups is 1. The summed E-state index contributed by atoms with van der Waals surface area (Å²) in [5.74, 6) is -1.05. The lowest BCUT2D eigenvalue weighted by atomic mass is 10.3. The molecule has 1 amide bonds. The molecule has 0 spiro atoms. The Bertz CT molecular complexity index is 876. The summed E-state index contributed by atoms with van der Waals surface area (Å²) in [7, 11) is 0. The van der Waals surface area contributed by atoms with Gasteiger partial charge in [0, 0.05) is 16.0 Å². The topological polar surface area (TPSA) is 70.8 Å². The average molecular weight is 412 g/mol. The lowest BCUT2D eigenvalue weighted by Crippen LogP contribution is -2.33. The average Bonchev–Trinajstić information content (AvgIpc) is 3.09. The van der Waals surface area contributed by atoms with Crippen molar-refractivity contribution in [1.29, 1.82) is 0 Å². The first-order valence-electron chi connectivity index (χ1n) is 6.93. The third kappa shape index (κ3) is 4.46. The standard InChI is InChI=1S/C16H10ClNO4S3/c17-9-1-4-11(5-2-9)24-14-6-3-10(22-14)7-12-15(21)18(8-13(19)20)16(23)25-12/h1-7H,8H2,(H,19,20). The van der Waals surface area contributed by atoms with Crippen LogP contribution in [-0.4, -0.2) is 32.7 Å². The van der Waals surface area contributed by atoms with Crippen LogP contribution < -0.4 is 0 Å². The molecular weight excluding hydrogens is 402 g/mol. The summed E-state index contributed by atoms with van der Waals surface area (Å²) in [4.78, 5) is 25.4. The number of amides is 1. The number of carboxylic acid groups (broad SMARTS) is 1. The van der Waals surface area contributed by atoms with Crippen molar-refractivity contribution in [3.8, 4) is 0 Å². The third-order valence-electron chi connectivity index (χ3n) is 3.07. The van der Waals surface area contributed by atoms with E-state index in [0.29, 0.717) is 20.8 Å². The van der Waals surface area contributed by atoms with Gasteiger partial charge >= 0.3 is 5.97 Å². The SMILES string of the molecule is O=C(O)CN1C(=O)C(=Cc2ccc(Sc3ccc(Cl)cc3)o2)SC1=S. The van der Waals surface area contributed by atoms with Gasteiger partial charge in [-0.15, -0.1) is 0 Å². The highest BCUT2D eigenvalue weighted by Crippen LogP contribution is 2.34. The zero-order valence-electron chi connectivity index (χ0n) is 12.5. The molecule has 128 valence electrons. The second-order valence-electron chi connectivity index (χ2n) is 4.87. The first-order chi connectivity index (χ1) is 11.9. The van der Waals surface area contributed by atoms with Crippen molar-refractivity contribution in [2.24, 2.45) is 0 Å². The van der Waals surface area contributed by atoms with Crippen molar-refractivity contribution in [2.45, 2.75) is 9.99 Å². The molecule has 1 aliphatic rings. The lowest BCUT2D eigenvalue weighted by Gasteiger charge is -2.09. The van der Waals surface area contributed by atoms with Crippen LogP contribution in [-0.2, 0) is 9.59 Å². The summed E-state index contributed by atoms with van der Waals surface area (Å²) in [6.07, 6.45) is 1.56. The molecule has 0 saturated carbocycles. The maximum absolute atomic E-state index is 12.2. The highest BCUT2D eigenvalue weighted by molar-refractivity contribution is 8.26. The van der Waals surface area contributed by atoms with Crippen LogP contribution in [0, 0.1) is 0 Å². The van der Waals surface area contributed by atoms with Gasteiger partial charge in [-0.1, -0.05) is 47.3 Å². The summed E-state index contributed by atoms with van der Waals surface area (Å²) in [6, 6.07) is 10.9. The summed E-state index contributed by atoms with van der Waals surface area (Å²) in [5.41, 5.74) is 0. The van der Waals surface area contributed by atoms with Gasteiger partial charge in [-0.05, 0) is 36.4 Å². The molecule has 2 aromatic rings. The zero-order valence-corrected chi connectivity index (χ0v) is 15.7. The van der Waals surface area contributed by atoms with Crippen molar-refractivity contribution in [2.75, 3.05) is 6.54 Å². The summed E-state index contributed by atoms with van der Waals surface area (Å²) in [6.45, 7) is -0.447. The first kappa shape index (κ1) is 18.1. The van der Waals surface area contributed by atoms with Gasteiger partial charge in [-0.25, -0.2) is 0 Å².